The molecule has 110 valence electrons. The van der Waals surface area contributed by atoms with Crippen LogP contribution in [0.3, 0.4) is 0 Å². The number of rotatable bonds is 4. The average molecular weight is 280 g/mol. The molecule has 6 heteroatoms. The van der Waals surface area contributed by atoms with E-state index in [0.717, 1.165) is 31.9 Å². The molecule has 0 aromatic heterocycles. The van der Waals surface area contributed by atoms with Gasteiger partial charge >= 0.3 is 0 Å². The first-order chi connectivity index (χ1) is 9.38. The van der Waals surface area contributed by atoms with E-state index in [0.29, 0.717) is 6.54 Å². The number of nitrogens with two attached hydrogens (primary N) is 2. The molecule has 5 nitrogen and oxygen atoms in total. The zero-order chi connectivity index (χ0) is 14.8. The van der Waals surface area contributed by atoms with Crippen molar-refractivity contribution in [1.82, 2.24) is 4.90 Å². The number of halogens is 1. The van der Waals surface area contributed by atoms with Crippen LogP contribution in [0, 0.1) is 5.82 Å². The van der Waals surface area contributed by atoms with Crippen LogP contribution in [0.5, 0.6) is 0 Å². The molecule has 20 heavy (non-hydrogen) atoms. The number of anilines is 1. The van der Waals surface area contributed by atoms with Crippen molar-refractivity contribution in [1.29, 1.82) is 0 Å². The average Bonchev–Trinajstić information content (AvgIpc) is 2.40. The number of piperazine rings is 1. The molecule has 0 aliphatic carbocycles. The van der Waals surface area contributed by atoms with Gasteiger partial charge in [0.15, 0.2) is 0 Å². The first kappa shape index (κ1) is 14.7. The number of primary amides is 1. The Balaban J connectivity index is 1.89. The molecule has 4 N–H and O–H groups in total. The summed E-state index contributed by atoms with van der Waals surface area (Å²) in [5.41, 5.74) is 11.2. The van der Waals surface area contributed by atoms with E-state index in [-0.39, 0.29) is 5.82 Å². The fourth-order valence-corrected chi connectivity index (χ4v) is 2.36. The van der Waals surface area contributed by atoms with Gasteiger partial charge in [-0.3, -0.25) is 9.69 Å². The quantitative estimate of drug-likeness (QED) is 0.823. The minimum atomic E-state index is -1.00. The van der Waals surface area contributed by atoms with E-state index in [4.69, 9.17) is 11.5 Å². The van der Waals surface area contributed by atoms with Crippen LogP contribution in [0.2, 0.25) is 0 Å². The van der Waals surface area contributed by atoms with Crippen LogP contribution in [0.25, 0.3) is 0 Å². The van der Waals surface area contributed by atoms with Crippen molar-refractivity contribution in [3.8, 4) is 0 Å². The van der Waals surface area contributed by atoms with Gasteiger partial charge in [-0.2, -0.15) is 0 Å². The van der Waals surface area contributed by atoms with Crippen LogP contribution >= 0.6 is 0 Å². The smallest absolute Gasteiger partial charge is 0.238 e. The first-order valence-electron chi connectivity index (χ1n) is 6.70. The number of nitrogens with zero attached hydrogens (tertiary/aromatic N) is 2. The van der Waals surface area contributed by atoms with E-state index in [1.165, 1.54) is 12.1 Å². The number of carbonyl (C=O) groups excluding carboxylic acids is 1. The van der Waals surface area contributed by atoms with Gasteiger partial charge in [0.05, 0.1) is 0 Å². The van der Waals surface area contributed by atoms with Gasteiger partial charge < -0.3 is 16.4 Å². The van der Waals surface area contributed by atoms with Crippen molar-refractivity contribution in [3.05, 3.63) is 30.1 Å². The molecule has 1 heterocycles. The van der Waals surface area contributed by atoms with Crippen LogP contribution < -0.4 is 16.4 Å². The molecule has 1 aromatic carbocycles. The lowest BCUT2D eigenvalue weighted by Crippen LogP contribution is -2.59. The summed E-state index contributed by atoms with van der Waals surface area (Å²) in [7, 11) is 0. The van der Waals surface area contributed by atoms with Crippen molar-refractivity contribution in [2.24, 2.45) is 11.5 Å². The summed E-state index contributed by atoms with van der Waals surface area (Å²) in [6, 6.07) is 6.49. The topological polar surface area (TPSA) is 75.6 Å². The summed E-state index contributed by atoms with van der Waals surface area (Å²) in [6.45, 7) is 5.36. The fourth-order valence-electron chi connectivity index (χ4n) is 2.36. The molecular weight excluding hydrogens is 259 g/mol. The second kappa shape index (κ2) is 5.76. The number of hydrogen-bond acceptors (Lipinski definition) is 4. The van der Waals surface area contributed by atoms with Gasteiger partial charge in [-0.1, -0.05) is 0 Å². The Kier molecular flexibility index (Phi) is 4.25. The van der Waals surface area contributed by atoms with E-state index < -0.39 is 11.4 Å². The van der Waals surface area contributed by atoms with E-state index in [1.54, 1.807) is 19.1 Å². The molecule has 1 aliphatic rings. The first-order valence-corrected chi connectivity index (χ1v) is 6.70. The minimum absolute atomic E-state index is 0.229. The number of hydrogen-bond donors (Lipinski definition) is 2. The van der Waals surface area contributed by atoms with Crippen molar-refractivity contribution in [2.45, 2.75) is 12.5 Å². The van der Waals surface area contributed by atoms with E-state index in [1.807, 2.05) is 0 Å². The summed E-state index contributed by atoms with van der Waals surface area (Å²) < 4.78 is 12.9. The predicted molar refractivity (Wildman–Crippen MR) is 76.8 cm³/mol. The van der Waals surface area contributed by atoms with Crippen molar-refractivity contribution in [3.63, 3.8) is 0 Å². The van der Waals surface area contributed by atoms with Gasteiger partial charge in [0.25, 0.3) is 0 Å². The third-order valence-electron chi connectivity index (χ3n) is 3.68. The number of benzene rings is 1. The van der Waals surface area contributed by atoms with Gasteiger partial charge in [0.1, 0.15) is 11.4 Å². The maximum absolute atomic E-state index is 12.9. The monoisotopic (exact) mass is 280 g/mol. The molecule has 1 fully saturated rings. The number of amides is 1. The Bertz CT molecular complexity index is 467. The molecule has 0 spiro atoms. The molecule has 1 amide bonds. The Hall–Kier alpha value is -1.66. The van der Waals surface area contributed by atoms with E-state index in [9.17, 15) is 9.18 Å². The Morgan fingerprint density at radius 3 is 2.30 bits per heavy atom. The fraction of sp³-hybridized carbons (Fsp3) is 0.500. The molecule has 1 saturated heterocycles. The molecule has 1 aromatic rings. The van der Waals surface area contributed by atoms with Crippen LogP contribution in [0.4, 0.5) is 10.1 Å². The molecule has 1 aliphatic heterocycles. The lowest BCUT2D eigenvalue weighted by molar-refractivity contribution is -0.123. The molecule has 1 atom stereocenters. The highest BCUT2D eigenvalue weighted by molar-refractivity contribution is 5.84. The summed E-state index contributed by atoms with van der Waals surface area (Å²) >= 11 is 0. The van der Waals surface area contributed by atoms with Gasteiger partial charge in [0, 0.05) is 38.4 Å². The second-order valence-electron chi connectivity index (χ2n) is 5.52. The maximum atomic E-state index is 12.9. The summed E-state index contributed by atoms with van der Waals surface area (Å²) in [5.74, 6) is -0.716. The lowest BCUT2D eigenvalue weighted by atomic mass is 10.0. The van der Waals surface area contributed by atoms with Crippen molar-refractivity contribution < 1.29 is 9.18 Å². The molecule has 2 rings (SSSR count). The van der Waals surface area contributed by atoms with Gasteiger partial charge in [-0.25, -0.2) is 4.39 Å². The highest BCUT2D eigenvalue weighted by Crippen LogP contribution is 2.17. The van der Waals surface area contributed by atoms with E-state index in [2.05, 4.69) is 9.80 Å². The molecule has 0 radical (unpaired) electrons. The van der Waals surface area contributed by atoms with Gasteiger partial charge in [0.2, 0.25) is 5.91 Å². The van der Waals surface area contributed by atoms with Crippen LogP contribution in [-0.4, -0.2) is 49.1 Å². The second-order valence-corrected chi connectivity index (χ2v) is 5.52. The van der Waals surface area contributed by atoms with Crippen LogP contribution in [0.1, 0.15) is 6.92 Å². The molecule has 0 saturated carbocycles. The van der Waals surface area contributed by atoms with Gasteiger partial charge in [-0.05, 0) is 31.2 Å². The zero-order valence-electron chi connectivity index (χ0n) is 11.7. The lowest BCUT2D eigenvalue weighted by Gasteiger charge is -2.38. The summed E-state index contributed by atoms with van der Waals surface area (Å²) in [6.07, 6.45) is 0. The highest BCUT2D eigenvalue weighted by atomic mass is 19.1. The SMILES string of the molecule is CC(N)(CN1CCN(c2ccc(F)cc2)CC1)C(N)=O. The molecule has 0 bridgehead atoms. The number of carbonyl (C=O) groups is 1. The standard InChI is InChI=1S/C14H21FN4O/c1-14(17,13(16)20)10-18-6-8-19(9-7-18)12-4-2-11(15)3-5-12/h2-5H,6-10,17H2,1H3,(H2,16,20). The summed E-state index contributed by atoms with van der Waals surface area (Å²) in [5, 5.41) is 0. The Labute approximate surface area is 118 Å². The van der Waals surface area contributed by atoms with Gasteiger partial charge in [-0.15, -0.1) is 0 Å². The molecule has 1 unspecified atom stereocenters. The molecular formula is C14H21FN4O. The van der Waals surface area contributed by atoms with Crippen LogP contribution in [0.15, 0.2) is 24.3 Å². The van der Waals surface area contributed by atoms with Crippen molar-refractivity contribution in [2.75, 3.05) is 37.6 Å². The largest absolute Gasteiger partial charge is 0.369 e. The van der Waals surface area contributed by atoms with Crippen LogP contribution in [-0.2, 0) is 4.79 Å². The highest BCUT2D eigenvalue weighted by Gasteiger charge is 2.30. The Morgan fingerprint density at radius 2 is 1.80 bits per heavy atom. The maximum Gasteiger partial charge on any atom is 0.238 e. The third kappa shape index (κ3) is 3.46. The Morgan fingerprint density at radius 1 is 1.25 bits per heavy atom. The zero-order valence-corrected chi connectivity index (χ0v) is 11.7. The minimum Gasteiger partial charge on any atom is -0.369 e. The third-order valence-corrected chi connectivity index (χ3v) is 3.68. The van der Waals surface area contributed by atoms with Crippen molar-refractivity contribution >= 4 is 11.6 Å². The predicted octanol–water partition coefficient (Wildman–Crippen LogP) is 0.150. The normalized spacial score (nSPS) is 19.6. The summed E-state index contributed by atoms with van der Waals surface area (Å²) in [4.78, 5) is 15.6. The van der Waals surface area contributed by atoms with E-state index >= 15 is 0 Å².